The van der Waals surface area contributed by atoms with Crippen LogP contribution in [0, 0.1) is 23.7 Å². The van der Waals surface area contributed by atoms with Crippen LogP contribution in [-0.4, -0.2) is 0 Å². The second kappa shape index (κ2) is 12.8. The Morgan fingerprint density at radius 3 is 1.40 bits per heavy atom. The quantitative estimate of drug-likeness (QED) is 0.448. The van der Waals surface area contributed by atoms with E-state index in [1.807, 2.05) is 0 Å². The lowest BCUT2D eigenvalue weighted by molar-refractivity contribution is 0.396. The van der Waals surface area contributed by atoms with Gasteiger partial charge in [-0.05, 0) is 68.6 Å². The Bertz CT molecular complexity index is 388. The Kier molecular flexibility index (Phi) is 11.5. The van der Waals surface area contributed by atoms with E-state index in [0.29, 0.717) is 0 Å². The van der Waals surface area contributed by atoms with Crippen LogP contribution in [0.15, 0.2) is 23.3 Å². The molecule has 0 atom stereocenters. The molecule has 0 heteroatoms. The summed E-state index contributed by atoms with van der Waals surface area (Å²) in [6.45, 7) is 13.8. The van der Waals surface area contributed by atoms with Gasteiger partial charge in [-0.15, -0.1) is 0 Å². The Morgan fingerprint density at radius 1 is 0.640 bits per heavy atom. The summed E-state index contributed by atoms with van der Waals surface area (Å²) < 4.78 is 0. The van der Waals surface area contributed by atoms with E-state index in [1.165, 1.54) is 70.6 Å². The van der Waals surface area contributed by atoms with Crippen molar-refractivity contribution < 1.29 is 0 Å². The summed E-state index contributed by atoms with van der Waals surface area (Å²) in [4.78, 5) is 0. The maximum absolute atomic E-state index is 2.42. The predicted octanol–water partition coefficient (Wildman–Crippen LogP) is 8.73. The molecule has 1 saturated carbocycles. The summed E-state index contributed by atoms with van der Waals surface area (Å²) in [6.07, 6.45) is 20.4. The maximum atomic E-state index is 2.42. The van der Waals surface area contributed by atoms with Crippen molar-refractivity contribution in [1.29, 1.82) is 0 Å². The number of hydrogen-bond donors (Lipinski definition) is 0. The molecular weight excluding hydrogens is 300 g/mol. The van der Waals surface area contributed by atoms with Crippen molar-refractivity contribution in [2.24, 2.45) is 23.7 Å². The normalized spacial score (nSPS) is 20.8. The molecule has 146 valence electrons. The first-order valence-electron chi connectivity index (χ1n) is 11.3. The number of hydrogen-bond acceptors (Lipinski definition) is 0. The van der Waals surface area contributed by atoms with Crippen molar-refractivity contribution in [3.8, 4) is 0 Å². The predicted molar refractivity (Wildman–Crippen MR) is 115 cm³/mol. The lowest BCUT2D eigenvalue weighted by atomic mass is 9.92. The van der Waals surface area contributed by atoms with Crippen LogP contribution in [0.1, 0.15) is 112 Å². The number of rotatable bonds is 3. The molecule has 0 nitrogen and oxygen atoms in total. The van der Waals surface area contributed by atoms with E-state index in [-0.39, 0.29) is 0 Å². The fourth-order valence-electron chi connectivity index (χ4n) is 4.23. The van der Waals surface area contributed by atoms with Gasteiger partial charge < -0.3 is 0 Å². The molecule has 0 N–H and O–H groups in total. The smallest absolute Gasteiger partial charge is 0.0260 e. The van der Waals surface area contributed by atoms with Crippen LogP contribution >= 0.6 is 0 Å². The van der Waals surface area contributed by atoms with Gasteiger partial charge in [0.1, 0.15) is 0 Å². The molecule has 3 rings (SSSR count). The van der Waals surface area contributed by atoms with Gasteiger partial charge >= 0.3 is 0 Å². The first kappa shape index (κ1) is 22.5. The second-order valence-corrected chi connectivity index (χ2v) is 9.29. The average molecular weight is 347 g/mol. The molecule has 0 aromatic heterocycles. The van der Waals surface area contributed by atoms with Crippen molar-refractivity contribution in [3.63, 3.8) is 0 Å². The van der Waals surface area contributed by atoms with Crippen LogP contribution in [0.2, 0.25) is 0 Å². The summed E-state index contributed by atoms with van der Waals surface area (Å²) in [5.41, 5.74) is 3.35. The monoisotopic (exact) mass is 346 g/mol. The summed E-state index contributed by atoms with van der Waals surface area (Å²) in [6, 6.07) is 0. The topological polar surface area (TPSA) is 0 Å². The van der Waals surface area contributed by atoms with Crippen LogP contribution in [0.4, 0.5) is 0 Å². The Morgan fingerprint density at radius 2 is 1.12 bits per heavy atom. The molecule has 0 amide bonds. The molecule has 0 saturated heterocycles. The van der Waals surface area contributed by atoms with Gasteiger partial charge in [-0.2, -0.15) is 0 Å². The average Bonchev–Trinajstić information content (AvgIpc) is 3.30. The number of allylic oxidation sites excluding steroid dienone is 4. The van der Waals surface area contributed by atoms with Gasteiger partial charge in [0, 0.05) is 0 Å². The van der Waals surface area contributed by atoms with Crippen LogP contribution in [0.5, 0.6) is 0 Å². The van der Waals surface area contributed by atoms with Crippen molar-refractivity contribution in [1.82, 2.24) is 0 Å². The van der Waals surface area contributed by atoms with Gasteiger partial charge in [0.15, 0.2) is 0 Å². The lowest BCUT2D eigenvalue weighted by Crippen LogP contribution is -2.01. The molecule has 0 unspecified atom stereocenters. The second-order valence-electron chi connectivity index (χ2n) is 9.29. The largest absolute Gasteiger partial charge is 0.0851 e. The van der Waals surface area contributed by atoms with Crippen molar-refractivity contribution >= 4 is 0 Å². The minimum Gasteiger partial charge on any atom is -0.0851 e. The zero-order chi connectivity index (χ0) is 18.7. The highest BCUT2D eigenvalue weighted by Gasteiger charge is 2.17. The third-order valence-electron chi connectivity index (χ3n) is 6.23. The summed E-state index contributed by atoms with van der Waals surface area (Å²) >= 11 is 0. The molecule has 25 heavy (non-hydrogen) atoms. The fraction of sp³-hybridized carbons (Fsp3) is 0.840. The van der Waals surface area contributed by atoms with E-state index in [0.717, 1.165) is 23.7 Å². The minimum absolute atomic E-state index is 0.797. The summed E-state index contributed by atoms with van der Waals surface area (Å²) in [7, 11) is 0. The maximum Gasteiger partial charge on any atom is -0.0260 e. The first-order valence-corrected chi connectivity index (χ1v) is 11.3. The van der Waals surface area contributed by atoms with Crippen molar-refractivity contribution in [2.45, 2.75) is 112 Å². The zero-order valence-electron chi connectivity index (χ0n) is 18.2. The lowest BCUT2D eigenvalue weighted by Gasteiger charge is -2.15. The van der Waals surface area contributed by atoms with Gasteiger partial charge in [0.05, 0.1) is 0 Å². The van der Waals surface area contributed by atoms with Crippen LogP contribution < -0.4 is 0 Å². The molecule has 0 aromatic rings. The zero-order valence-corrected chi connectivity index (χ0v) is 18.2. The van der Waals surface area contributed by atoms with Gasteiger partial charge in [0.2, 0.25) is 0 Å². The van der Waals surface area contributed by atoms with E-state index < -0.39 is 0 Å². The van der Waals surface area contributed by atoms with Crippen LogP contribution in [0.3, 0.4) is 0 Å². The SMILES string of the molecule is CC(C)C1=CCCC1.CC(C)C1=CCCCC1.CC(C)C1CCCC1. The molecule has 3 aliphatic rings. The Labute approximate surface area is 159 Å². The highest BCUT2D eigenvalue weighted by atomic mass is 14.2. The molecule has 0 aliphatic heterocycles. The Balaban J connectivity index is 0.000000188. The van der Waals surface area contributed by atoms with E-state index in [4.69, 9.17) is 0 Å². The van der Waals surface area contributed by atoms with Gasteiger partial charge in [0.25, 0.3) is 0 Å². The first-order chi connectivity index (χ1) is 11.9. The molecule has 0 bridgehead atoms. The molecule has 0 aromatic carbocycles. The molecule has 1 fully saturated rings. The van der Waals surface area contributed by atoms with Gasteiger partial charge in [-0.3, -0.25) is 0 Å². The molecule has 0 radical (unpaired) electrons. The van der Waals surface area contributed by atoms with Gasteiger partial charge in [-0.25, -0.2) is 0 Å². The highest BCUT2D eigenvalue weighted by molar-refractivity contribution is 5.09. The molecule has 0 spiro atoms. The van der Waals surface area contributed by atoms with E-state index in [2.05, 4.69) is 53.7 Å². The Hall–Kier alpha value is -0.520. The summed E-state index contributed by atoms with van der Waals surface area (Å²) in [5, 5.41) is 0. The van der Waals surface area contributed by atoms with Crippen molar-refractivity contribution in [3.05, 3.63) is 23.3 Å². The third-order valence-corrected chi connectivity index (χ3v) is 6.23. The molecular formula is C25H46. The fourth-order valence-corrected chi connectivity index (χ4v) is 4.23. The van der Waals surface area contributed by atoms with E-state index in [9.17, 15) is 0 Å². The third kappa shape index (κ3) is 9.66. The summed E-state index contributed by atoms with van der Waals surface area (Å²) in [5.74, 6) is 3.61. The highest BCUT2D eigenvalue weighted by Crippen LogP contribution is 2.30. The van der Waals surface area contributed by atoms with Crippen LogP contribution in [0.25, 0.3) is 0 Å². The van der Waals surface area contributed by atoms with E-state index >= 15 is 0 Å². The minimum atomic E-state index is 0.797. The standard InChI is InChI=1S/C9H16.C8H16.C8H14/c1-8(2)9-6-4-3-5-7-9;2*1-7(2)8-5-3-4-6-8/h6,8H,3-5,7H2,1-2H3;7-8H,3-6H2,1-2H3;5,7H,3-4,6H2,1-2H3. The van der Waals surface area contributed by atoms with Gasteiger partial charge in [-0.1, -0.05) is 90.5 Å². The molecule has 3 aliphatic carbocycles. The van der Waals surface area contributed by atoms with E-state index in [1.54, 1.807) is 11.1 Å². The van der Waals surface area contributed by atoms with Crippen molar-refractivity contribution in [2.75, 3.05) is 0 Å². The molecule has 0 heterocycles. The van der Waals surface area contributed by atoms with Crippen LogP contribution in [-0.2, 0) is 0 Å².